The van der Waals surface area contributed by atoms with E-state index in [1.807, 2.05) is 0 Å². The first-order valence-electron chi connectivity index (χ1n) is 5.93. The van der Waals surface area contributed by atoms with E-state index in [-0.39, 0.29) is 0 Å². The van der Waals surface area contributed by atoms with Gasteiger partial charge in [0.25, 0.3) is 0 Å². The minimum Gasteiger partial charge on any atom is -0.378 e. The average Bonchev–Trinajstić information content (AvgIpc) is 2.35. The van der Waals surface area contributed by atoms with Crippen LogP contribution in [0.5, 0.6) is 0 Å². The number of allylic oxidation sites excluding steroid dienone is 2. The molecule has 0 amide bonds. The van der Waals surface area contributed by atoms with E-state index in [1.165, 1.54) is 16.7 Å². The van der Waals surface area contributed by atoms with Gasteiger partial charge in [-0.2, -0.15) is 0 Å². The first kappa shape index (κ1) is 11.7. The smallest absolute Gasteiger partial charge is 0.0485 e. The highest BCUT2D eigenvalue weighted by Gasteiger charge is 2.23. The first-order chi connectivity index (χ1) is 8.00. The minimum absolute atomic E-state index is 0.297. The standard InChI is InChI=1S/C16H19N/c1-10-6-8-15(9-7-10)14(5)17-16-12(3)11(2)13(16)4/h6-9,14,17H,2-3H2,1,4-5H3/t14-/m1/s1. The molecule has 1 aliphatic carbocycles. The second kappa shape index (κ2) is 4.25. The molecule has 0 bridgehead atoms. The Morgan fingerprint density at radius 1 is 1.00 bits per heavy atom. The number of aryl methyl sites for hydroxylation is 1. The molecule has 0 aromatic heterocycles. The summed E-state index contributed by atoms with van der Waals surface area (Å²) in [4.78, 5) is 0. The van der Waals surface area contributed by atoms with Gasteiger partial charge in [-0.15, -0.1) is 0 Å². The van der Waals surface area contributed by atoms with Gasteiger partial charge < -0.3 is 5.32 Å². The van der Waals surface area contributed by atoms with Gasteiger partial charge in [0.15, 0.2) is 0 Å². The Hall–Kier alpha value is -1.76. The van der Waals surface area contributed by atoms with Crippen LogP contribution in [0.1, 0.15) is 31.0 Å². The molecule has 0 saturated carbocycles. The Kier molecular flexibility index (Phi) is 2.93. The second-order valence-electron chi connectivity index (χ2n) is 4.73. The molecule has 0 saturated heterocycles. The number of rotatable bonds is 3. The Morgan fingerprint density at radius 3 is 2.12 bits per heavy atom. The molecule has 1 aromatic rings. The van der Waals surface area contributed by atoms with Crippen LogP contribution in [0.15, 0.2) is 59.8 Å². The molecule has 1 heteroatoms. The van der Waals surface area contributed by atoms with Crippen LogP contribution in [-0.2, 0) is 0 Å². The van der Waals surface area contributed by atoms with Gasteiger partial charge >= 0.3 is 0 Å². The lowest BCUT2D eigenvalue weighted by Gasteiger charge is -2.30. The highest BCUT2D eigenvalue weighted by atomic mass is 14.9. The van der Waals surface area contributed by atoms with E-state index in [9.17, 15) is 0 Å². The zero-order valence-electron chi connectivity index (χ0n) is 10.8. The summed E-state index contributed by atoms with van der Waals surface area (Å²) in [6.45, 7) is 14.3. The van der Waals surface area contributed by atoms with Gasteiger partial charge in [-0.05, 0) is 43.1 Å². The van der Waals surface area contributed by atoms with Crippen LogP contribution in [0.25, 0.3) is 0 Å². The van der Waals surface area contributed by atoms with E-state index in [1.54, 1.807) is 0 Å². The third-order valence-electron chi connectivity index (χ3n) is 3.43. The summed E-state index contributed by atoms with van der Waals surface area (Å²) in [5, 5.41) is 3.50. The molecule has 0 fully saturated rings. The van der Waals surface area contributed by atoms with Gasteiger partial charge in [0.05, 0.1) is 0 Å². The molecular formula is C16H19N. The van der Waals surface area contributed by atoms with Crippen LogP contribution in [-0.4, -0.2) is 0 Å². The molecule has 1 aromatic carbocycles. The molecule has 1 nitrogen and oxygen atoms in total. The highest BCUT2D eigenvalue weighted by molar-refractivity contribution is 5.66. The molecule has 88 valence electrons. The van der Waals surface area contributed by atoms with E-state index >= 15 is 0 Å². The van der Waals surface area contributed by atoms with Gasteiger partial charge in [-0.1, -0.05) is 43.0 Å². The lowest BCUT2D eigenvalue weighted by Crippen LogP contribution is -2.26. The number of nitrogens with one attached hydrogen (secondary N) is 1. The molecule has 0 unspecified atom stereocenters. The Balaban J connectivity index is 2.13. The van der Waals surface area contributed by atoms with Gasteiger partial charge in [0, 0.05) is 11.7 Å². The second-order valence-corrected chi connectivity index (χ2v) is 4.73. The van der Waals surface area contributed by atoms with Gasteiger partial charge in [0.2, 0.25) is 0 Å². The lowest BCUT2D eigenvalue weighted by atomic mass is 9.85. The average molecular weight is 225 g/mol. The molecule has 0 spiro atoms. The third kappa shape index (κ3) is 2.05. The maximum absolute atomic E-state index is 4.01. The van der Waals surface area contributed by atoms with Crippen LogP contribution < -0.4 is 5.32 Å². The number of benzene rings is 1. The van der Waals surface area contributed by atoms with Crippen molar-refractivity contribution in [1.29, 1.82) is 0 Å². The van der Waals surface area contributed by atoms with E-state index in [0.29, 0.717) is 6.04 Å². The lowest BCUT2D eigenvalue weighted by molar-refractivity contribution is 0.647. The summed E-state index contributed by atoms with van der Waals surface area (Å²) in [5.41, 5.74) is 7.08. The number of hydrogen-bond donors (Lipinski definition) is 1. The summed E-state index contributed by atoms with van der Waals surface area (Å²) in [7, 11) is 0. The van der Waals surface area contributed by atoms with E-state index in [2.05, 4.69) is 63.5 Å². The van der Waals surface area contributed by atoms with Crippen molar-refractivity contribution < 1.29 is 0 Å². The third-order valence-corrected chi connectivity index (χ3v) is 3.43. The van der Waals surface area contributed by atoms with Gasteiger partial charge in [-0.3, -0.25) is 0 Å². The molecule has 2 rings (SSSR count). The zero-order chi connectivity index (χ0) is 12.6. The summed E-state index contributed by atoms with van der Waals surface area (Å²) in [5.74, 6) is 0. The van der Waals surface area contributed by atoms with E-state index < -0.39 is 0 Å². The number of hydrogen-bond acceptors (Lipinski definition) is 1. The fourth-order valence-electron chi connectivity index (χ4n) is 2.04. The molecule has 1 aliphatic rings. The molecule has 0 aliphatic heterocycles. The maximum Gasteiger partial charge on any atom is 0.0485 e. The predicted molar refractivity (Wildman–Crippen MR) is 73.7 cm³/mol. The minimum atomic E-state index is 0.297. The van der Waals surface area contributed by atoms with Crippen LogP contribution in [0.3, 0.4) is 0 Å². The van der Waals surface area contributed by atoms with Crippen molar-refractivity contribution >= 4 is 0 Å². The molecule has 0 radical (unpaired) electrons. The first-order valence-corrected chi connectivity index (χ1v) is 5.93. The van der Waals surface area contributed by atoms with Gasteiger partial charge in [-0.25, -0.2) is 0 Å². The van der Waals surface area contributed by atoms with Crippen LogP contribution in [0.2, 0.25) is 0 Å². The molecule has 1 N–H and O–H groups in total. The monoisotopic (exact) mass is 225 g/mol. The van der Waals surface area contributed by atoms with Crippen molar-refractivity contribution in [2.45, 2.75) is 26.8 Å². The Bertz CT molecular complexity index is 503. The van der Waals surface area contributed by atoms with E-state index in [0.717, 1.165) is 16.8 Å². The fraction of sp³-hybridized carbons (Fsp3) is 0.250. The van der Waals surface area contributed by atoms with Crippen molar-refractivity contribution in [1.82, 2.24) is 5.32 Å². The zero-order valence-corrected chi connectivity index (χ0v) is 10.8. The molecule has 0 heterocycles. The molecule has 1 atom stereocenters. The van der Waals surface area contributed by atoms with Crippen molar-refractivity contribution in [3.05, 3.63) is 71.0 Å². The summed E-state index contributed by atoms with van der Waals surface area (Å²) < 4.78 is 0. The van der Waals surface area contributed by atoms with Crippen LogP contribution in [0, 0.1) is 6.92 Å². The SMILES string of the molecule is C=C1C(=C)C(N[C@H](C)c2ccc(C)cc2)=C1C. The summed E-state index contributed by atoms with van der Waals surface area (Å²) >= 11 is 0. The van der Waals surface area contributed by atoms with E-state index in [4.69, 9.17) is 0 Å². The molecule has 17 heavy (non-hydrogen) atoms. The predicted octanol–water partition coefficient (Wildman–Crippen LogP) is 4.05. The Labute approximate surface area is 104 Å². The normalized spacial score (nSPS) is 16.9. The maximum atomic E-state index is 4.01. The largest absolute Gasteiger partial charge is 0.378 e. The van der Waals surface area contributed by atoms with Crippen molar-refractivity contribution in [2.75, 3.05) is 0 Å². The van der Waals surface area contributed by atoms with Gasteiger partial charge in [0.1, 0.15) is 0 Å². The van der Waals surface area contributed by atoms with Crippen LogP contribution >= 0.6 is 0 Å². The summed E-state index contributed by atoms with van der Waals surface area (Å²) in [6.07, 6.45) is 0. The topological polar surface area (TPSA) is 12.0 Å². The van der Waals surface area contributed by atoms with Crippen molar-refractivity contribution in [3.8, 4) is 0 Å². The fourth-order valence-corrected chi connectivity index (χ4v) is 2.04. The Morgan fingerprint density at radius 2 is 1.59 bits per heavy atom. The quantitative estimate of drug-likeness (QED) is 0.818. The van der Waals surface area contributed by atoms with Crippen molar-refractivity contribution in [3.63, 3.8) is 0 Å². The summed E-state index contributed by atoms with van der Waals surface area (Å²) in [6, 6.07) is 8.91. The highest BCUT2D eigenvalue weighted by Crippen LogP contribution is 2.36. The van der Waals surface area contributed by atoms with Crippen LogP contribution in [0.4, 0.5) is 0 Å². The molecular weight excluding hydrogens is 206 g/mol. The van der Waals surface area contributed by atoms with Crippen molar-refractivity contribution in [2.24, 2.45) is 0 Å².